The maximum atomic E-state index is 11.9. The van der Waals surface area contributed by atoms with Crippen LogP contribution in [-0.2, 0) is 19.0 Å². The first-order valence-corrected chi connectivity index (χ1v) is 6.60. The molecule has 0 fully saturated rings. The predicted octanol–water partition coefficient (Wildman–Crippen LogP) is 1.35. The molecule has 0 bridgehead atoms. The van der Waals surface area contributed by atoms with Crippen LogP contribution in [0, 0.1) is 5.41 Å². The number of hydrogen-bond acceptors (Lipinski definition) is 5. The smallest absolute Gasteiger partial charge is 0.313 e. The van der Waals surface area contributed by atoms with E-state index in [-0.39, 0.29) is 5.97 Å². The maximum absolute atomic E-state index is 11.9. The van der Waals surface area contributed by atoms with Gasteiger partial charge in [-0.05, 0) is 12.8 Å². The van der Waals surface area contributed by atoms with Crippen LogP contribution in [0.15, 0.2) is 0 Å². The van der Waals surface area contributed by atoms with E-state index in [4.69, 9.17) is 19.9 Å². The molecule has 18 heavy (non-hydrogen) atoms. The summed E-state index contributed by atoms with van der Waals surface area (Å²) in [4.78, 5) is 11.9. The molecule has 0 aromatic rings. The van der Waals surface area contributed by atoms with Crippen molar-refractivity contribution in [3.8, 4) is 0 Å². The normalized spacial score (nSPS) is 11.6. The fraction of sp³-hybridized carbons (Fsp3) is 0.923. The number of carbonyl (C=O) groups is 1. The van der Waals surface area contributed by atoms with Gasteiger partial charge in [0, 0.05) is 26.7 Å². The molecule has 0 aliphatic carbocycles. The van der Waals surface area contributed by atoms with Gasteiger partial charge in [-0.2, -0.15) is 0 Å². The molecule has 2 N–H and O–H groups in total. The molecule has 0 spiro atoms. The van der Waals surface area contributed by atoms with E-state index in [2.05, 4.69) is 0 Å². The molecule has 0 amide bonds. The van der Waals surface area contributed by atoms with Crippen molar-refractivity contribution < 1.29 is 19.0 Å². The van der Waals surface area contributed by atoms with Crippen molar-refractivity contribution in [3.63, 3.8) is 0 Å². The van der Waals surface area contributed by atoms with Crippen molar-refractivity contribution in [2.75, 3.05) is 40.1 Å². The average Bonchev–Trinajstić information content (AvgIpc) is 2.40. The molecule has 0 aliphatic rings. The summed E-state index contributed by atoms with van der Waals surface area (Å²) in [5, 5.41) is 0. The number of rotatable bonds is 11. The highest BCUT2D eigenvalue weighted by molar-refractivity contribution is 5.77. The molecule has 0 radical (unpaired) electrons. The van der Waals surface area contributed by atoms with Crippen molar-refractivity contribution in [3.05, 3.63) is 0 Å². The second-order valence-corrected chi connectivity index (χ2v) is 4.29. The average molecular weight is 261 g/mol. The molecule has 5 heteroatoms. The van der Waals surface area contributed by atoms with Gasteiger partial charge in [0.05, 0.1) is 25.2 Å². The lowest BCUT2D eigenvalue weighted by Crippen LogP contribution is -2.39. The van der Waals surface area contributed by atoms with Crippen LogP contribution in [0.2, 0.25) is 0 Å². The summed E-state index contributed by atoms with van der Waals surface area (Å²) < 4.78 is 15.4. The van der Waals surface area contributed by atoms with Crippen molar-refractivity contribution in [1.29, 1.82) is 0 Å². The second-order valence-electron chi connectivity index (χ2n) is 4.29. The number of carbonyl (C=O) groups excluding carboxylic acids is 1. The van der Waals surface area contributed by atoms with E-state index in [0.29, 0.717) is 52.2 Å². The lowest BCUT2D eigenvalue weighted by atomic mass is 9.82. The summed E-state index contributed by atoms with van der Waals surface area (Å²) in [7, 11) is 1.63. The topological polar surface area (TPSA) is 70.8 Å². The first kappa shape index (κ1) is 17.4. The zero-order valence-corrected chi connectivity index (χ0v) is 11.9. The Hall–Kier alpha value is -0.650. The van der Waals surface area contributed by atoms with Gasteiger partial charge >= 0.3 is 5.97 Å². The Balaban J connectivity index is 3.75. The van der Waals surface area contributed by atoms with Gasteiger partial charge in [-0.1, -0.05) is 13.8 Å². The molecule has 0 aromatic carbocycles. The SMILES string of the molecule is CCC(CC)(CN)C(=O)OCCCOCCOC. The van der Waals surface area contributed by atoms with Crippen LogP contribution >= 0.6 is 0 Å². The quantitative estimate of drug-likeness (QED) is 0.449. The Morgan fingerprint density at radius 3 is 2.28 bits per heavy atom. The van der Waals surface area contributed by atoms with E-state index >= 15 is 0 Å². The minimum Gasteiger partial charge on any atom is -0.465 e. The Bertz CT molecular complexity index is 209. The fourth-order valence-electron chi connectivity index (χ4n) is 1.63. The molecule has 108 valence electrons. The number of nitrogens with two attached hydrogens (primary N) is 1. The van der Waals surface area contributed by atoms with Crippen LogP contribution in [0.25, 0.3) is 0 Å². The van der Waals surface area contributed by atoms with Gasteiger partial charge < -0.3 is 19.9 Å². The molecule has 0 aromatic heterocycles. The van der Waals surface area contributed by atoms with Crippen LogP contribution in [0.5, 0.6) is 0 Å². The van der Waals surface area contributed by atoms with Crippen molar-refractivity contribution in [1.82, 2.24) is 0 Å². The van der Waals surface area contributed by atoms with E-state index in [1.807, 2.05) is 13.8 Å². The third-order valence-corrected chi connectivity index (χ3v) is 3.28. The molecular weight excluding hydrogens is 234 g/mol. The first-order valence-electron chi connectivity index (χ1n) is 6.60. The number of methoxy groups -OCH3 is 1. The van der Waals surface area contributed by atoms with E-state index in [1.54, 1.807) is 7.11 Å². The Labute approximate surface area is 110 Å². The Morgan fingerprint density at radius 1 is 1.11 bits per heavy atom. The number of esters is 1. The molecule has 0 aliphatic heterocycles. The largest absolute Gasteiger partial charge is 0.465 e. The van der Waals surface area contributed by atoms with Crippen molar-refractivity contribution in [2.24, 2.45) is 11.1 Å². The zero-order chi connectivity index (χ0) is 13.9. The van der Waals surface area contributed by atoms with Crippen LogP contribution in [0.1, 0.15) is 33.1 Å². The zero-order valence-electron chi connectivity index (χ0n) is 11.9. The predicted molar refractivity (Wildman–Crippen MR) is 70.3 cm³/mol. The minimum atomic E-state index is -0.517. The Morgan fingerprint density at radius 2 is 1.78 bits per heavy atom. The van der Waals surface area contributed by atoms with Crippen LogP contribution in [0.4, 0.5) is 0 Å². The molecule has 0 saturated carbocycles. The standard InChI is InChI=1S/C13H27NO4/c1-4-13(5-2,11-14)12(15)18-8-6-7-17-10-9-16-3/h4-11,14H2,1-3H3. The second kappa shape index (κ2) is 10.3. The molecule has 0 heterocycles. The van der Waals surface area contributed by atoms with Gasteiger partial charge in [-0.25, -0.2) is 0 Å². The summed E-state index contributed by atoms with van der Waals surface area (Å²) in [6, 6.07) is 0. The lowest BCUT2D eigenvalue weighted by molar-refractivity contribution is -0.156. The van der Waals surface area contributed by atoms with E-state index in [9.17, 15) is 4.79 Å². The first-order chi connectivity index (χ1) is 8.66. The molecule has 5 nitrogen and oxygen atoms in total. The summed E-state index contributed by atoms with van der Waals surface area (Å²) >= 11 is 0. The van der Waals surface area contributed by atoms with E-state index in [0.717, 1.165) is 0 Å². The summed E-state index contributed by atoms with van der Waals surface area (Å²) in [5.74, 6) is -0.188. The van der Waals surface area contributed by atoms with E-state index < -0.39 is 5.41 Å². The number of ether oxygens (including phenoxy) is 3. The van der Waals surface area contributed by atoms with Gasteiger partial charge in [0.2, 0.25) is 0 Å². The van der Waals surface area contributed by atoms with E-state index in [1.165, 1.54) is 0 Å². The third kappa shape index (κ3) is 5.80. The monoisotopic (exact) mass is 261 g/mol. The van der Waals surface area contributed by atoms with Crippen LogP contribution in [-0.4, -0.2) is 46.1 Å². The summed E-state index contributed by atoms with van der Waals surface area (Å²) in [5.41, 5.74) is 5.16. The van der Waals surface area contributed by atoms with Crippen molar-refractivity contribution in [2.45, 2.75) is 33.1 Å². The molecule has 0 atom stereocenters. The minimum absolute atomic E-state index is 0.188. The molecule has 0 unspecified atom stereocenters. The lowest BCUT2D eigenvalue weighted by Gasteiger charge is -2.27. The molecular formula is C13H27NO4. The van der Waals surface area contributed by atoms with Crippen molar-refractivity contribution >= 4 is 5.97 Å². The highest BCUT2D eigenvalue weighted by Crippen LogP contribution is 2.26. The maximum Gasteiger partial charge on any atom is 0.313 e. The molecule has 0 rings (SSSR count). The summed E-state index contributed by atoms with van der Waals surface area (Å²) in [6.07, 6.45) is 2.12. The number of hydrogen-bond donors (Lipinski definition) is 1. The van der Waals surface area contributed by atoms with Gasteiger partial charge in [-0.3, -0.25) is 4.79 Å². The molecule has 0 saturated heterocycles. The highest BCUT2D eigenvalue weighted by Gasteiger charge is 2.34. The Kier molecular flexibility index (Phi) is 9.92. The third-order valence-electron chi connectivity index (χ3n) is 3.28. The van der Waals surface area contributed by atoms with Gasteiger partial charge in [0.25, 0.3) is 0 Å². The van der Waals surface area contributed by atoms with Crippen LogP contribution < -0.4 is 5.73 Å². The summed E-state index contributed by atoms with van der Waals surface area (Å²) in [6.45, 7) is 6.38. The van der Waals surface area contributed by atoms with Gasteiger partial charge in [-0.15, -0.1) is 0 Å². The highest BCUT2D eigenvalue weighted by atomic mass is 16.5. The van der Waals surface area contributed by atoms with Gasteiger partial charge in [0.15, 0.2) is 0 Å². The van der Waals surface area contributed by atoms with Crippen LogP contribution in [0.3, 0.4) is 0 Å². The van der Waals surface area contributed by atoms with Gasteiger partial charge in [0.1, 0.15) is 0 Å². The fourth-order valence-corrected chi connectivity index (χ4v) is 1.63.